The Hall–Kier alpha value is -1.49. The third-order valence-electron chi connectivity index (χ3n) is 4.61. The van der Waals surface area contributed by atoms with Crippen LogP contribution in [0, 0.1) is 17.0 Å². The van der Waals surface area contributed by atoms with Gasteiger partial charge in [0.25, 0.3) is 5.91 Å². The van der Waals surface area contributed by atoms with Gasteiger partial charge in [-0.15, -0.1) is 0 Å². The van der Waals surface area contributed by atoms with Crippen molar-refractivity contribution in [3.05, 3.63) is 35.4 Å². The molecule has 20 heavy (non-hydrogen) atoms. The molecular weight excluding hydrogens is 262 g/mol. The maximum Gasteiger partial charge on any atom is 0.253 e. The fourth-order valence-electron chi connectivity index (χ4n) is 3.22. The highest BCUT2D eigenvalue weighted by Crippen LogP contribution is 2.37. The zero-order valence-corrected chi connectivity index (χ0v) is 11.3. The van der Waals surface area contributed by atoms with Crippen molar-refractivity contribution in [3.8, 4) is 0 Å². The van der Waals surface area contributed by atoms with Crippen LogP contribution in [0.15, 0.2) is 18.2 Å². The van der Waals surface area contributed by atoms with E-state index >= 15 is 0 Å². The number of rotatable bonds is 1. The van der Waals surface area contributed by atoms with Crippen LogP contribution in [0.2, 0.25) is 0 Å². The van der Waals surface area contributed by atoms with Crippen LogP contribution < -0.4 is 5.32 Å². The number of hydrogen-bond donors (Lipinski definition) is 1. The summed E-state index contributed by atoms with van der Waals surface area (Å²) in [4.78, 5) is 14.0. The van der Waals surface area contributed by atoms with Gasteiger partial charge in [0.05, 0.1) is 0 Å². The van der Waals surface area contributed by atoms with E-state index in [1.54, 1.807) is 4.90 Å². The summed E-state index contributed by atoms with van der Waals surface area (Å²) in [5, 5.41) is 3.38. The predicted octanol–water partition coefficient (Wildman–Crippen LogP) is 2.18. The van der Waals surface area contributed by atoms with E-state index in [1.165, 1.54) is 12.5 Å². The highest BCUT2D eigenvalue weighted by Gasteiger charge is 2.38. The average molecular weight is 280 g/mol. The van der Waals surface area contributed by atoms with Gasteiger partial charge in [-0.25, -0.2) is 8.78 Å². The van der Waals surface area contributed by atoms with E-state index in [-0.39, 0.29) is 11.5 Å². The topological polar surface area (TPSA) is 32.3 Å². The van der Waals surface area contributed by atoms with E-state index in [2.05, 4.69) is 5.32 Å². The van der Waals surface area contributed by atoms with Crippen LogP contribution in [0.3, 0.4) is 0 Å². The molecular formula is C15H18F2N2O. The van der Waals surface area contributed by atoms with Crippen molar-refractivity contribution in [2.24, 2.45) is 5.41 Å². The predicted molar refractivity (Wildman–Crippen MR) is 71.4 cm³/mol. The maximum absolute atomic E-state index is 13.2. The summed E-state index contributed by atoms with van der Waals surface area (Å²) in [6.45, 7) is 3.47. The molecule has 5 heteroatoms. The van der Waals surface area contributed by atoms with Gasteiger partial charge in [0.15, 0.2) is 11.6 Å². The molecule has 0 bridgehead atoms. The van der Waals surface area contributed by atoms with Crippen LogP contribution >= 0.6 is 0 Å². The summed E-state index contributed by atoms with van der Waals surface area (Å²) >= 11 is 0. The van der Waals surface area contributed by atoms with Crippen molar-refractivity contribution in [1.82, 2.24) is 10.2 Å². The molecule has 0 aromatic heterocycles. The third kappa shape index (κ3) is 2.42. The molecule has 2 aliphatic rings. The lowest BCUT2D eigenvalue weighted by Crippen LogP contribution is -2.44. The van der Waals surface area contributed by atoms with E-state index in [0.29, 0.717) is 18.5 Å². The molecule has 3 rings (SSSR count). The largest absolute Gasteiger partial charge is 0.339 e. The van der Waals surface area contributed by atoms with Crippen LogP contribution in [-0.4, -0.2) is 37.0 Å². The number of amides is 1. The fourth-order valence-corrected chi connectivity index (χ4v) is 3.22. The minimum Gasteiger partial charge on any atom is -0.339 e. The maximum atomic E-state index is 13.2. The zero-order valence-electron chi connectivity index (χ0n) is 11.3. The van der Waals surface area contributed by atoms with Gasteiger partial charge in [-0.2, -0.15) is 0 Å². The Balaban J connectivity index is 1.68. The second-order valence-electron chi connectivity index (χ2n) is 5.85. The number of halogens is 2. The second-order valence-corrected chi connectivity index (χ2v) is 5.85. The minimum atomic E-state index is -0.968. The molecule has 1 aromatic carbocycles. The molecule has 1 N–H and O–H groups in total. The molecule has 0 radical (unpaired) electrons. The smallest absolute Gasteiger partial charge is 0.253 e. The lowest BCUT2D eigenvalue weighted by molar-refractivity contribution is 0.0607. The van der Waals surface area contributed by atoms with Crippen LogP contribution in [0.1, 0.15) is 29.6 Å². The summed E-state index contributed by atoms with van der Waals surface area (Å²) in [6, 6.07) is 3.34. The van der Waals surface area contributed by atoms with Crippen molar-refractivity contribution in [2.75, 3.05) is 26.2 Å². The molecule has 2 fully saturated rings. The molecule has 0 unspecified atom stereocenters. The average Bonchev–Trinajstić information content (AvgIpc) is 2.90. The summed E-state index contributed by atoms with van der Waals surface area (Å²) in [6.07, 6.45) is 3.13. The Morgan fingerprint density at radius 3 is 2.50 bits per heavy atom. The summed E-state index contributed by atoms with van der Waals surface area (Å²) in [5.74, 6) is -2.09. The van der Waals surface area contributed by atoms with Gasteiger partial charge >= 0.3 is 0 Å². The molecule has 1 amide bonds. The Morgan fingerprint density at radius 1 is 1.15 bits per heavy atom. The van der Waals surface area contributed by atoms with Crippen LogP contribution in [-0.2, 0) is 0 Å². The molecule has 0 aliphatic carbocycles. The fraction of sp³-hybridized carbons (Fsp3) is 0.533. The number of carbonyl (C=O) groups is 1. The van der Waals surface area contributed by atoms with Crippen LogP contribution in [0.25, 0.3) is 0 Å². The molecule has 108 valence electrons. The molecule has 2 aliphatic heterocycles. The van der Waals surface area contributed by atoms with Crippen molar-refractivity contribution in [2.45, 2.75) is 19.3 Å². The first-order valence-electron chi connectivity index (χ1n) is 7.05. The van der Waals surface area contributed by atoms with E-state index in [1.807, 2.05) is 0 Å². The zero-order chi connectivity index (χ0) is 14.2. The van der Waals surface area contributed by atoms with Gasteiger partial charge in [0.2, 0.25) is 0 Å². The molecule has 2 saturated heterocycles. The Bertz CT molecular complexity index is 517. The first kappa shape index (κ1) is 13.5. The van der Waals surface area contributed by atoms with Crippen molar-refractivity contribution < 1.29 is 13.6 Å². The molecule has 0 atom stereocenters. The van der Waals surface area contributed by atoms with E-state index in [0.717, 1.165) is 38.1 Å². The first-order chi connectivity index (χ1) is 9.60. The summed E-state index contributed by atoms with van der Waals surface area (Å²) < 4.78 is 26.1. The summed E-state index contributed by atoms with van der Waals surface area (Å²) in [5.41, 5.74) is 0.564. The lowest BCUT2D eigenvalue weighted by Gasteiger charge is -2.38. The number of hydrogen-bond acceptors (Lipinski definition) is 2. The molecule has 2 heterocycles. The Labute approximate surface area is 117 Å². The SMILES string of the molecule is O=C(c1ccc(F)c(F)c1)N1CCC2(CCNC2)CC1. The van der Waals surface area contributed by atoms with E-state index in [9.17, 15) is 13.6 Å². The van der Waals surface area contributed by atoms with E-state index < -0.39 is 11.6 Å². The van der Waals surface area contributed by atoms with Gasteiger partial charge in [0, 0.05) is 25.2 Å². The number of likely N-dealkylation sites (tertiary alicyclic amines) is 1. The highest BCUT2D eigenvalue weighted by molar-refractivity contribution is 5.94. The normalized spacial score (nSPS) is 21.4. The van der Waals surface area contributed by atoms with Crippen molar-refractivity contribution in [1.29, 1.82) is 0 Å². The second kappa shape index (κ2) is 5.13. The number of nitrogens with zero attached hydrogens (tertiary/aromatic N) is 1. The lowest BCUT2D eigenvalue weighted by atomic mass is 9.78. The number of benzene rings is 1. The minimum absolute atomic E-state index is 0.204. The monoisotopic (exact) mass is 280 g/mol. The number of nitrogens with one attached hydrogen (secondary N) is 1. The van der Waals surface area contributed by atoms with Gasteiger partial charge in [-0.1, -0.05) is 0 Å². The molecule has 1 aromatic rings. The quantitative estimate of drug-likeness (QED) is 0.855. The van der Waals surface area contributed by atoms with Crippen molar-refractivity contribution in [3.63, 3.8) is 0 Å². The molecule has 3 nitrogen and oxygen atoms in total. The standard InChI is InChI=1S/C15H18F2N2O/c16-12-2-1-11(9-13(12)17)14(20)19-7-4-15(5-8-19)3-6-18-10-15/h1-2,9,18H,3-8,10H2. The molecule has 0 saturated carbocycles. The Morgan fingerprint density at radius 2 is 1.90 bits per heavy atom. The molecule has 1 spiro atoms. The summed E-state index contributed by atoms with van der Waals surface area (Å²) in [7, 11) is 0. The highest BCUT2D eigenvalue weighted by atomic mass is 19.2. The van der Waals surface area contributed by atoms with Crippen molar-refractivity contribution >= 4 is 5.91 Å². The van der Waals surface area contributed by atoms with Crippen LogP contribution in [0.4, 0.5) is 8.78 Å². The van der Waals surface area contributed by atoms with E-state index in [4.69, 9.17) is 0 Å². The first-order valence-corrected chi connectivity index (χ1v) is 7.05. The van der Waals surface area contributed by atoms with Crippen LogP contribution in [0.5, 0.6) is 0 Å². The van der Waals surface area contributed by atoms with Gasteiger partial charge in [0.1, 0.15) is 0 Å². The Kier molecular flexibility index (Phi) is 3.46. The third-order valence-corrected chi connectivity index (χ3v) is 4.61. The number of carbonyl (C=O) groups excluding carboxylic acids is 1. The number of piperidine rings is 1. The van der Waals surface area contributed by atoms with Gasteiger partial charge in [-0.3, -0.25) is 4.79 Å². The van der Waals surface area contributed by atoms with Gasteiger partial charge < -0.3 is 10.2 Å². The van der Waals surface area contributed by atoms with Gasteiger partial charge in [-0.05, 0) is 49.4 Å².